The van der Waals surface area contributed by atoms with E-state index in [1.165, 1.54) is 11.8 Å². The van der Waals surface area contributed by atoms with Crippen LogP contribution in [-0.4, -0.2) is 27.1 Å². The van der Waals surface area contributed by atoms with E-state index in [9.17, 15) is 9.90 Å². The lowest BCUT2D eigenvalue weighted by Gasteiger charge is -2.19. The molecule has 0 saturated carbocycles. The second kappa shape index (κ2) is 6.93. The number of rotatable bonds is 3. The van der Waals surface area contributed by atoms with E-state index in [0.717, 1.165) is 5.69 Å². The standard InChI is InChI=1S/C19H18N2O2S/c1-13(2)21-18(23)17(12-14-8-6-7-11-16(14)22)24-19(21)20-15-9-4-3-5-10-15/h3-13,22H,1-2H3. The van der Waals surface area contributed by atoms with Crippen LogP contribution in [-0.2, 0) is 4.79 Å². The van der Waals surface area contributed by atoms with Gasteiger partial charge in [-0.25, -0.2) is 4.99 Å². The van der Waals surface area contributed by atoms with Gasteiger partial charge in [0.15, 0.2) is 5.17 Å². The summed E-state index contributed by atoms with van der Waals surface area (Å²) in [7, 11) is 0. The molecule has 2 aromatic carbocycles. The molecule has 1 aliphatic heterocycles. The average Bonchev–Trinajstić information content (AvgIpc) is 2.86. The Labute approximate surface area is 145 Å². The van der Waals surface area contributed by atoms with Crippen molar-refractivity contribution < 1.29 is 9.90 Å². The molecule has 1 fully saturated rings. The SMILES string of the molecule is CC(C)N1C(=O)C(=Cc2ccccc2O)SC1=Nc1ccccc1. The van der Waals surface area contributed by atoms with E-state index in [1.807, 2.05) is 50.2 Å². The lowest BCUT2D eigenvalue weighted by Crippen LogP contribution is -2.35. The van der Waals surface area contributed by atoms with Gasteiger partial charge in [-0.05, 0) is 49.9 Å². The number of hydrogen-bond donors (Lipinski definition) is 1. The minimum atomic E-state index is -0.0899. The van der Waals surface area contributed by atoms with E-state index < -0.39 is 0 Å². The van der Waals surface area contributed by atoms with Crippen molar-refractivity contribution in [3.63, 3.8) is 0 Å². The van der Waals surface area contributed by atoms with Crippen LogP contribution in [0.5, 0.6) is 5.75 Å². The van der Waals surface area contributed by atoms with Crippen LogP contribution in [0.25, 0.3) is 6.08 Å². The van der Waals surface area contributed by atoms with Gasteiger partial charge in [-0.2, -0.15) is 0 Å². The largest absolute Gasteiger partial charge is 0.507 e. The Kier molecular flexibility index (Phi) is 4.71. The molecule has 122 valence electrons. The number of nitrogens with zero attached hydrogens (tertiary/aromatic N) is 2. The Hall–Kier alpha value is -2.53. The fraction of sp³-hybridized carbons (Fsp3) is 0.158. The summed E-state index contributed by atoms with van der Waals surface area (Å²) in [5.41, 5.74) is 1.43. The predicted octanol–water partition coefficient (Wildman–Crippen LogP) is 4.40. The number of amidine groups is 1. The van der Waals surface area contributed by atoms with Crippen LogP contribution in [0.2, 0.25) is 0 Å². The number of phenols is 1. The van der Waals surface area contributed by atoms with Crippen molar-refractivity contribution in [1.29, 1.82) is 0 Å². The highest BCUT2D eigenvalue weighted by Gasteiger charge is 2.35. The van der Waals surface area contributed by atoms with Crippen molar-refractivity contribution in [3.8, 4) is 5.75 Å². The summed E-state index contributed by atoms with van der Waals surface area (Å²) < 4.78 is 0. The summed E-state index contributed by atoms with van der Waals surface area (Å²) in [5, 5.41) is 10.6. The Morgan fingerprint density at radius 2 is 1.75 bits per heavy atom. The number of aromatic hydroxyl groups is 1. The first-order valence-electron chi connectivity index (χ1n) is 7.71. The number of carbonyl (C=O) groups is 1. The summed E-state index contributed by atoms with van der Waals surface area (Å²) in [5.74, 6) is 0.0656. The van der Waals surface area contributed by atoms with Gasteiger partial charge in [0, 0.05) is 11.6 Å². The van der Waals surface area contributed by atoms with Gasteiger partial charge < -0.3 is 5.11 Å². The third-order valence-electron chi connectivity index (χ3n) is 3.56. The average molecular weight is 338 g/mol. The number of thioether (sulfide) groups is 1. The third kappa shape index (κ3) is 3.36. The molecule has 2 aromatic rings. The fourth-order valence-corrected chi connectivity index (χ4v) is 3.50. The number of para-hydroxylation sites is 2. The van der Waals surface area contributed by atoms with Gasteiger partial charge >= 0.3 is 0 Å². The molecule has 4 nitrogen and oxygen atoms in total. The van der Waals surface area contributed by atoms with Crippen LogP contribution in [0, 0.1) is 0 Å². The van der Waals surface area contributed by atoms with Crippen molar-refractivity contribution >= 4 is 34.6 Å². The van der Waals surface area contributed by atoms with Gasteiger partial charge in [-0.15, -0.1) is 0 Å². The molecule has 0 aromatic heterocycles. The lowest BCUT2D eigenvalue weighted by molar-refractivity contribution is -0.123. The Morgan fingerprint density at radius 3 is 2.42 bits per heavy atom. The highest BCUT2D eigenvalue weighted by atomic mass is 32.2. The zero-order valence-electron chi connectivity index (χ0n) is 13.5. The smallest absolute Gasteiger partial charge is 0.266 e. The number of hydrogen-bond acceptors (Lipinski definition) is 4. The molecule has 0 unspecified atom stereocenters. The number of phenolic OH excluding ortho intramolecular Hbond substituents is 1. The maximum Gasteiger partial charge on any atom is 0.266 e. The van der Waals surface area contributed by atoms with E-state index in [1.54, 1.807) is 29.2 Å². The summed E-state index contributed by atoms with van der Waals surface area (Å²) in [6, 6.07) is 16.5. The van der Waals surface area contributed by atoms with Crippen molar-refractivity contribution in [3.05, 3.63) is 65.1 Å². The van der Waals surface area contributed by atoms with E-state index in [-0.39, 0.29) is 17.7 Å². The molecule has 1 amide bonds. The number of aliphatic imine (C=N–C) groups is 1. The van der Waals surface area contributed by atoms with Crippen molar-refractivity contribution in [2.75, 3.05) is 0 Å². The molecule has 3 rings (SSSR count). The van der Waals surface area contributed by atoms with E-state index >= 15 is 0 Å². The van der Waals surface area contributed by atoms with Crippen molar-refractivity contribution in [2.45, 2.75) is 19.9 Å². The van der Waals surface area contributed by atoms with E-state index in [4.69, 9.17) is 0 Å². The van der Waals surface area contributed by atoms with Gasteiger partial charge in [0.05, 0.1) is 10.6 Å². The number of benzene rings is 2. The molecule has 24 heavy (non-hydrogen) atoms. The molecule has 5 heteroatoms. The van der Waals surface area contributed by atoms with E-state index in [2.05, 4.69) is 4.99 Å². The highest BCUT2D eigenvalue weighted by molar-refractivity contribution is 8.18. The zero-order chi connectivity index (χ0) is 17.1. The van der Waals surface area contributed by atoms with Crippen LogP contribution in [0.4, 0.5) is 5.69 Å². The first-order valence-corrected chi connectivity index (χ1v) is 8.53. The molecule has 0 aliphatic carbocycles. The molecule has 1 aliphatic rings. The summed E-state index contributed by atoms with van der Waals surface area (Å²) in [6.07, 6.45) is 1.71. The molecule has 0 atom stereocenters. The van der Waals surface area contributed by atoms with Crippen LogP contribution in [0.1, 0.15) is 19.4 Å². The maximum absolute atomic E-state index is 12.7. The topological polar surface area (TPSA) is 52.9 Å². The van der Waals surface area contributed by atoms with Gasteiger partial charge in [-0.1, -0.05) is 36.4 Å². The Morgan fingerprint density at radius 1 is 1.08 bits per heavy atom. The molecule has 0 bridgehead atoms. The van der Waals surface area contributed by atoms with Crippen molar-refractivity contribution in [2.24, 2.45) is 4.99 Å². The van der Waals surface area contributed by atoms with Crippen LogP contribution < -0.4 is 0 Å². The van der Waals surface area contributed by atoms with Gasteiger partial charge in [0.2, 0.25) is 0 Å². The van der Waals surface area contributed by atoms with Crippen LogP contribution in [0.15, 0.2) is 64.5 Å². The Balaban J connectivity index is 1.99. The molecule has 0 radical (unpaired) electrons. The quantitative estimate of drug-likeness (QED) is 0.844. The predicted molar refractivity (Wildman–Crippen MR) is 99.2 cm³/mol. The Bertz CT molecular complexity index is 813. The molecule has 1 heterocycles. The summed E-state index contributed by atoms with van der Waals surface area (Å²) in [6.45, 7) is 3.92. The third-order valence-corrected chi connectivity index (χ3v) is 4.54. The maximum atomic E-state index is 12.7. The summed E-state index contributed by atoms with van der Waals surface area (Å²) >= 11 is 1.33. The monoisotopic (exact) mass is 338 g/mol. The van der Waals surface area contributed by atoms with Crippen LogP contribution in [0.3, 0.4) is 0 Å². The zero-order valence-corrected chi connectivity index (χ0v) is 14.3. The highest BCUT2D eigenvalue weighted by Crippen LogP contribution is 2.36. The second-order valence-corrected chi connectivity index (χ2v) is 6.68. The number of carbonyl (C=O) groups excluding carboxylic acids is 1. The number of amides is 1. The van der Waals surface area contributed by atoms with Crippen molar-refractivity contribution in [1.82, 2.24) is 4.90 Å². The fourth-order valence-electron chi connectivity index (χ4n) is 2.38. The van der Waals surface area contributed by atoms with E-state index in [0.29, 0.717) is 15.6 Å². The normalized spacial score (nSPS) is 18.1. The van der Waals surface area contributed by atoms with Gasteiger partial charge in [0.25, 0.3) is 5.91 Å². The molecule has 0 spiro atoms. The van der Waals surface area contributed by atoms with Gasteiger partial charge in [0.1, 0.15) is 5.75 Å². The lowest BCUT2D eigenvalue weighted by atomic mass is 10.2. The minimum Gasteiger partial charge on any atom is -0.507 e. The molecular formula is C19H18N2O2S. The first-order chi connectivity index (χ1) is 11.6. The molecular weight excluding hydrogens is 320 g/mol. The summed E-state index contributed by atoms with van der Waals surface area (Å²) in [4.78, 5) is 19.6. The minimum absolute atomic E-state index is 0.00253. The first kappa shape index (κ1) is 16.3. The van der Waals surface area contributed by atoms with Crippen LogP contribution >= 0.6 is 11.8 Å². The molecule has 1 saturated heterocycles. The molecule has 1 N–H and O–H groups in total. The van der Waals surface area contributed by atoms with Gasteiger partial charge in [-0.3, -0.25) is 9.69 Å². The second-order valence-electron chi connectivity index (χ2n) is 5.67.